The molecule has 7 heteroatoms. The van der Waals surface area contributed by atoms with Gasteiger partial charge in [-0.1, -0.05) is 5.16 Å². The summed E-state index contributed by atoms with van der Waals surface area (Å²) in [5.74, 6) is 0.919. The Hall–Kier alpha value is -2.44. The van der Waals surface area contributed by atoms with Crippen LogP contribution in [0.3, 0.4) is 0 Å². The predicted octanol–water partition coefficient (Wildman–Crippen LogP) is 1.39. The van der Waals surface area contributed by atoms with Gasteiger partial charge in [-0.15, -0.1) is 0 Å². The Labute approximate surface area is 96.9 Å². The Morgan fingerprint density at radius 1 is 1.59 bits per heavy atom. The van der Waals surface area contributed by atoms with Crippen LogP contribution in [0.4, 0.5) is 16.2 Å². The number of benzene rings is 1. The standard InChI is InChI=1S/C10H11N3O4/c1-13-7-3-2-6(11-10(14)15)4-8(7)17-5-9(13)12-16/h2-4,11,16H,5H2,1H3,(H,14,15). The summed E-state index contributed by atoms with van der Waals surface area (Å²) in [6.07, 6.45) is -1.13. The van der Waals surface area contributed by atoms with E-state index in [1.165, 1.54) is 0 Å². The number of oxime groups is 1. The van der Waals surface area contributed by atoms with E-state index in [0.717, 1.165) is 0 Å². The molecule has 1 amide bonds. The molecule has 2 rings (SSSR count). The number of anilines is 2. The number of amides is 1. The minimum absolute atomic E-state index is 0.135. The van der Waals surface area contributed by atoms with Gasteiger partial charge < -0.3 is 20.0 Å². The molecule has 0 radical (unpaired) electrons. The van der Waals surface area contributed by atoms with Gasteiger partial charge in [0.2, 0.25) is 0 Å². The molecule has 0 fully saturated rings. The molecule has 90 valence electrons. The molecular formula is C10H11N3O4. The molecule has 0 saturated carbocycles. The van der Waals surface area contributed by atoms with Crippen molar-refractivity contribution in [2.75, 3.05) is 23.9 Å². The number of amidine groups is 1. The lowest BCUT2D eigenvalue weighted by Crippen LogP contribution is -2.35. The highest BCUT2D eigenvalue weighted by Crippen LogP contribution is 2.33. The minimum Gasteiger partial charge on any atom is -0.483 e. The average Bonchev–Trinajstić information content (AvgIpc) is 2.28. The zero-order valence-electron chi connectivity index (χ0n) is 9.04. The summed E-state index contributed by atoms with van der Waals surface area (Å²) >= 11 is 0. The van der Waals surface area contributed by atoms with Gasteiger partial charge in [-0.25, -0.2) is 4.79 Å². The molecule has 7 nitrogen and oxygen atoms in total. The van der Waals surface area contributed by atoms with E-state index >= 15 is 0 Å². The lowest BCUT2D eigenvalue weighted by atomic mass is 10.2. The first-order valence-corrected chi connectivity index (χ1v) is 4.83. The molecule has 0 atom stereocenters. The van der Waals surface area contributed by atoms with Crippen molar-refractivity contribution in [3.8, 4) is 5.75 Å². The van der Waals surface area contributed by atoms with E-state index in [2.05, 4.69) is 10.5 Å². The van der Waals surface area contributed by atoms with Crippen molar-refractivity contribution in [2.24, 2.45) is 5.16 Å². The Balaban J connectivity index is 2.33. The summed E-state index contributed by atoms with van der Waals surface area (Å²) in [6.45, 7) is 0.135. The fourth-order valence-electron chi connectivity index (χ4n) is 1.58. The van der Waals surface area contributed by atoms with Gasteiger partial charge in [0.25, 0.3) is 0 Å². The third-order valence-electron chi connectivity index (χ3n) is 2.43. The third-order valence-corrected chi connectivity index (χ3v) is 2.43. The van der Waals surface area contributed by atoms with Crippen LogP contribution in [-0.2, 0) is 0 Å². The van der Waals surface area contributed by atoms with E-state index in [0.29, 0.717) is 23.0 Å². The van der Waals surface area contributed by atoms with Gasteiger partial charge in [-0.05, 0) is 12.1 Å². The molecule has 1 aliphatic heterocycles. The Morgan fingerprint density at radius 2 is 2.35 bits per heavy atom. The van der Waals surface area contributed by atoms with Crippen LogP contribution in [0.1, 0.15) is 0 Å². The maximum absolute atomic E-state index is 10.5. The molecule has 0 spiro atoms. The van der Waals surface area contributed by atoms with Gasteiger partial charge in [-0.2, -0.15) is 0 Å². The van der Waals surface area contributed by atoms with Crippen LogP contribution in [0.15, 0.2) is 23.4 Å². The topological polar surface area (TPSA) is 94.4 Å². The number of carbonyl (C=O) groups is 1. The average molecular weight is 237 g/mol. The molecule has 0 saturated heterocycles. The largest absolute Gasteiger partial charge is 0.483 e. The van der Waals surface area contributed by atoms with E-state index in [4.69, 9.17) is 15.1 Å². The highest BCUT2D eigenvalue weighted by Gasteiger charge is 2.21. The number of nitrogens with zero attached hydrogens (tertiary/aromatic N) is 2. The van der Waals surface area contributed by atoms with Gasteiger partial charge >= 0.3 is 6.09 Å². The number of carboxylic acid groups (broad SMARTS) is 1. The zero-order valence-corrected chi connectivity index (χ0v) is 9.04. The maximum Gasteiger partial charge on any atom is 0.409 e. The molecule has 1 heterocycles. The summed E-state index contributed by atoms with van der Waals surface area (Å²) in [6, 6.07) is 4.87. The molecular weight excluding hydrogens is 226 g/mol. The summed E-state index contributed by atoms with van der Waals surface area (Å²) in [4.78, 5) is 12.2. The summed E-state index contributed by atoms with van der Waals surface area (Å²) in [5, 5.41) is 22.7. The summed E-state index contributed by atoms with van der Waals surface area (Å²) in [7, 11) is 1.74. The fraction of sp³-hybridized carbons (Fsp3) is 0.200. The van der Waals surface area contributed by atoms with E-state index in [9.17, 15) is 4.79 Å². The first-order valence-electron chi connectivity index (χ1n) is 4.83. The first kappa shape index (κ1) is 11.1. The molecule has 0 bridgehead atoms. The summed E-state index contributed by atoms with van der Waals surface area (Å²) in [5.41, 5.74) is 1.13. The van der Waals surface area contributed by atoms with E-state index in [-0.39, 0.29) is 6.61 Å². The summed E-state index contributed by atoms with van der Waals surface area (Å²) < 4.78 is 5.35. The molecule has 1 aliphatic rings. The van der Waals surface area contributed by atoms with Crippen molar-refractivity contribution in [3.63, 3.8) is 0 Å². The van der Waals surface area contributed by atoms with Gasteiger partial charge in [0.05, 0.1) is 5.69 Å². The first-order chi connectivity index (χ1) is 8.11. The number of nitrogens with one attached hydrogen (secondary N) is 1. The molecule has 0 aromatic heterocycles. The SMILES string of the molecule is CN1C(=NO)COc2cc(NC(=O)O)ccc21. The van der Waals surface area contributed by atoms with Gasteiger partial charge in [0, 0.05) is 18.8 Å². The molecule has 3 N–H and O–H groups in total. The molecule has 0 aliphatic carbocycles. The van der Waals surface area contributed by atoms with Crippen LogP contribution in [-0.4, -0.2) is 35.9 Å². The monoisotopic (exact) mass is 237 g/mol. The number of hydrogen-bond donors (Lipinski definition) is 3. The normalized spacial score (nSPS) is 16.3. The number of hydrogen-bond acceptors (Lipinski definition) is 4. The quantitative estimate of drug-likeness (QED) is 0.507. The predicted molar refractivity (Wildman–Crippen MR) is 61.2 cm³/mol. The van der Waals surface area contributed by atoms with E-state index in [1.54, 1.807) is 30.1 Å². The van der Waals surface area contributed by atoms with E-state index in [1.807, 2.05) is 0 Å². The van der Waals surface area contributed by atoms with Crippen LogP contribution in [0, 0.1) is 0 Å². The molecule has 0 unspecified atom stereocenters. The second-order valence-electron chi connectivity index (χ2n) is 3.48. The van der Waals surface area contributed by atoms with Crippen molar-refractivity contribution < 1.29 is 19.8 Å². The Bertz CT molecular complexity index is 486. The number of ether oxygens (including phenoxy) is 1. The van der Waals surface area contributed by atoms with Crippen molar-refractivity contribution >= 4 is 23.3 Å². The maximum atomic E-state index is 10.5. The second-order valence-corrected chi connectivity index (χ2v) is 3.48. The van der Waals surface area contributed by atoms with Crippen LogP contribution in [0.2, 0.25) is 0 Å². The lowest BCUT2D eigenvalue weighted by Gasteiger charge is -2.28. The van der Waals surface area contributed by atoms with E-state index < -0.39 is 6.09 Å². The smallest absolute Gasteiger partial charge is 0.409 e. The van der Waals surface area contributed by atoms with Crippen molar-refractivity contribution in [3.05, 3.63) is 18.2 Å². The van der Waals surface area contributed by atoms with Crippen LogP contribution in [0.5, 0.6) is 5.75 Å². The Kier molecular flexibility index (Phi) is 2.73. The highest BCUT2D eigenvalue weighted by atomic mass is 16.5. The van der Waals surface area contributed by atoms with Crippen LogP contribution in [0.25, 0.3) is 0 Å². The fourth-order valence-corrected chi connectivity index (χ4v) is 1.58. The molecule has 1 aromatic rings. The second kappa shape index (κ2) is 4.20. The zero-order chi connectivity index (χ0) is 12.4. The number of fused-ring (bicyclic) bond motifs is 1. The van der Waals surface area contributed by atoms with Gasteiger partial charge in [0.1, 0.15) is 12.4 Å². The van der Waals surface area contributed by atoms with Crippen LogP contribution < -0.4 is 15.0 Å². The van der Waals surface area contributed by atoms with Gasteiger partial charge in [-0.3, -0.25) is 5.32 Å². The third kappa shape index (κ3) is 2.07. The van der Waals surface area contributed by atoms with Crippen molar-refractivity contribution in [1.29, 1.82) is 0 Å². The highest BCUT2D eigenvalue weighted by molar-refractivity contribution is 6.01. The molecule has 17 heavy (non-hydrogen) atoms. The number of likely N-dealkylation sites (N-methyl/N-ethyl adjacent to an activating group) is 1. The van der Waals surface area contributed by atoms with Crippen molar-refractivity contribution in [2.45, 2.75) is 0 Å². The van der Waals surface area contributed by atoms with Crippen molar-refractivity contribution in [1.82, 2.24) is 0 Å². The minimum atomic E-state index is -1.13. The Morgan fingerprint density at radius 3 is 3.00 bits per heavy atom. The molecule has 1 aromatic carbocycles. The number of rotatable bonds is 1. The van der Waals surface area contributed by atoms with Crippen LogP contribution >= 0.6 is 0 Å². The van der Waals surface area contributed by atoms with Gasteiger partial charge in [0.15, 0.2) is 5.84 Å². The lowest BCUT2D eigenvalue weighted by molar-refractivity contribution is 0.209.